The van der Waals surface area contributed by atoms with Crippen LogP contribution in [0.2, 0.25) is 5.02 Å². The number of nitrogens with zero attached hydrogens (tertiary/aromatic N) is 2. The first kappa shape index (κ1) is 12.6. The summed E-state index contributed by atoms with van der Waals surface area (Å²) in [6.45, 7) is 2.28. The number of nitrogens with two attached hydrogens (primary N) is 1. The lowest BCUT2D eigenvalue weighted by Crippen LogP contribution is -2.24. The largest absolute Gasteiger partial charge is 0.397 e. The monoisotopic (exact) mass is 241 g/mol. The van der Waals surface area contributed by atoms with Crippen LogP contribution in [0.15, 0.2) is 12.1 Å². The number of hydrogen-bond acceptors (Lipinski definition) is 3. The highest BCUT2D eigenvalue weighted by Crippen LogP contribution is 2.28. The molecule has 3 nitrogen and oxygen atoms in total. The van der Waals surface area contributed by atoms with Gasteiger partial charge in [0.15, 0.2) is 0 Å². The zero-order valence-corrected chi connectivity index (χ0v) is 9.92. The quantitative estimate of drug-likeness (QED) is 0.828. The molecule has 1 atom stereocenters. The molecule has 1 aromatic carbocycles. The van der Waals surface area contributed by atoms with Crippen LogP contribution in [0.5, 0.6) is 0 Å². The maximum atomic E-state index is 13.3. The summed E-state index contributed by atoms with van der Waals surface area (Å²) in [4.78, 5) is 1.74. The molecular formula is C11H13ClFN3. The van der Waals surface area contributed by atoms with Gasteiger partial charge in [-0.05, 0) is 13.0 Å². The van der Waals surface area contributed by atoms with Crippen molar-refractivity contribution < 1.29 is 4.39 Å². The van der Waals surface area contributed by atoms with Gasteiger partial charge in [-0.3, -0.25) is 0 Å². The number of benzene rings is 1. The Kier molecular flexibility index (Phi) is 3.97. The van der Waals surface area contributed by atoms with Crippen LogP contribution in [-0.2, 0) is 0 Å². The molecule has 5 heteroatoms. The molecular weight excluding hydrogens is 229 g/mol. The fourth-order valence-corrected chi connectivity index (χ4v) is 1.60. The molecule has 2 N–H and O–H groups in total. The summed E-state index contributed by atoms with van der Waals surface area (Å²) in [5.74, 6) is -0.662. The predicted octanol–water partition coefficient (Wildman–Crippen LogP) is 2.66. The molecule has 0 amide bonds. The van der Waals surface area contributed by atoms with E-state index in [2.05, 4.69) is 6.07 Å². The Hall–Kier alpha value is -1.47. The van der Waals surface area contributed by atoms with E-state index in [1.165, 1.54) is 12.1 Å². The Balaban J connectivity index is 2.96. The molecule has 0 fully saturated rings. The number of hydrogen-bond donors (Lipinski definition) is 1. The third-order valence-corrected chi connectivity index (χ3v) is 2.54. The second kappa shape index (κ2) is 5.04. The van der Waals surface area contributed by atoms with E-state index in [4.69, 9.17) is 22.6 Å². The van der Waals surface area contributed by atoms with Crippen molar-refractivity contribution in [3.05, 3.63) is 23.0 Å². The van der Waals surface area contributed by atoms with Crippen molar-refractivity contribution in [3.63, 3.8) is 0 Å². The first-order valence-electron chi connectivity index (χ1n) is 4.81. The second-order valence-corrected chi connectivity index (χ2v) is 4.14. The lowest BCUT2D eigenvalue weighted by molar-refractivity contribution is 0.626. The minimum atomic E-state index is -0.512. The normalized spacial score (nSPS) is 11.9. The summed E-state index contributed by atoms with van der Waals surface area (Å²) in [7, 11) is 1.76. The van der Waals surface area contributed by atoms with Crippen molar-refractivity contribution in [1.82, 2.24) is 0 Å². The van der Waals surface area contributed by atoms with Crippen LogP contribution in [-0.4, -0.2) is 13.6 Å². The SMILES string of the molecule is CC(C#N)CN(C)c1cc(F)c(Cl)cc1N. The maximum absolute atomic E-state index is 13.3. The Labute approximate surface area is 99.2 Å². The first-order valence-corrected chi connectivity index (χ1v) is 5.18. The van der Waals surface area contributed by atoms with Gasteiger partial charge in [-0.25, -0.2) is 4.39 Å². The standard InChI is InChI=1S/C11H13ClFN3/c1-7(5-14)6-16(2)11-4-9(13)8(12)3-10(11)15/h3-4,7H,6,15H2,1-2H3. The third-order valence-electron chi connectivity index (χ3n) is 2.25. The van der Waals surface area contributed by atoms with E-state index >= 15 is 0 Å². The Morgan fingerprint density at radius 1 is 1.62 bits per heavy atom. The topological polar surface area (TPSA) is 53.0 Å². The molecule has 0 aliphatic rings. The molecule has 1 aromatic rings. The van der Waals surface area contributed by atoms with Crippen molar-refractivity contribution in [2.24, 2.45) is 5.92 Å². The molecule has 0 heterocycles. The van der Waals surface area contributed by atoms with E-state index in [-0.39, 0.29) is 10.9 Å². The van der Waals surface area contributed by atoms with Gasteiger partial charge in [0.2, 0.25) is 0 Å². The fraction of sp³-hybridized carbons (Fsp3) is 0.364. The summed E-state index contributed by atoms with van der Waals surface area (Å²) in [6, 6.07) is 4.76. The molecule has 0 aliphatic heterocycles. The molecule has 1 rings (SSSR count). The molecule has 0 saturated heterocycles. The molecule has 0 spiro atoms. The van der Waals surface area contributed by atoms with Crippen LogP contribution >= 0.6 is 11.6 Å². The van der Waals surface area contributed by atoms with E-state index < -0.39 is 5.82 Å². The zero-order valence-electron chi connectivity index (χ0n) is 9.17. The Morgan fingerprint density at radius 2 is 2.25 bits per heavy atom. The number of anilines is 2. The molecule has 0 radical (unpaired) electrons. The third kappa shape index (κ3) is 2.77. The van der Waals surface area contributed by atoms with Crippen molar-refractivity contribution in [1.29, 1.82) is 5.26 Å². The predicted molar refractivity (Wildman–Crippen MR) is 63.9 cm³/mol. The van der Waals surface area contributed by atoms with Crippen molar-refractivity contribution in [3.8, 4) is 6.07 Å². The zero-order chi connectivity index (χ0) is 12.3. The van der Waals surface area contributed by atoms with Crippen LogP contribution < -0.4 is 10.6 Å². The van der Waals surface area contributed by atoms with Crippen molar-refractivity contribution >= 4 is 23.0 Å². The van der Waals surface area contributed by atoms with Gasteiger partial charge in [-0.2, -0.15) is 5.26 Å². The summed E-state index contributed by atoms with van der Waals surface area (Å²) in [6.07, 6.45) is 0. The van der Waals surface area contributed by atoms with Gasteiger partial charge in [0, 0.05) is 19.7 Å². The van der Waals surface area contributed by atoms with Gasteiger partial charge in [0.05, 0.1) is 28.4 Å². The first-order chi connectivity index (χ1) is 7.45. The summed E-state index contributed by atoms with van der Waals surface area (Å²) in [5, 5.41) is 8.70. The van der Waals surface area contributed by atoms with Crippen LogP contribution in [0.4, 0.5) is 15.8 Å². The van der Waals surface area contributed by atoms with E-state index in [9.17, 15) is 4.39 Å². The molecule has 0 saturated carbocycles. The Bertz CT molecular complexity index is 428. The average molecular weight is 242 g/mol. The lowest BCUT2D eigenvalue weighted by atomic mass is 10.1. The lowest BCUT2D eigenvalue weighted by Gasteiger charge is -2.22. The molecule has 86 valence electrons. The highest BCUT2D eigenvalue weighted by atomic mass is 35.5. The van der Waals surface area contributed by atoms with E-state index in [0.717, 1.165) is 0 Å². The molecule has 0 aromatic heterocycles. The maximum Gasteiger partial charge on any atom is 0.144 e. The average Bonchev–Trinajstić information content (AvgIpc) is 2.23. The summed E-state index contributed by atoms with van der Waals surface area (Å²) >= 11 is 5.60. The van der Waals surface area contributed by atoms with Gasteiger partial charge in [-0.15, -0.1) is 0 Å². The second-order valence-electron chi connectivity index (χ2n) is 3.74. The number of nitriles is 1. The van der Waals surface area contributed by atoms with Crippen molar-refractivity contribution in [2.75, 3.05) is 24.2 Å². The molecule has 0 bridgehead atoms. The molecule has 16 heavy (non-hydrogen) atoms. The van der Waals surface area contributed by atoms with Gasteiger partial charge in [0.1, 0.15) is 5.82 Å². The summed E-state index contributed by atoms with van der Waals surface area (Å²) < 4.78 is 13.3. The number of nitrogen functional groups attached to an aromatic ring is 1. The van der Waals surface area contributed by atoms with Crippen LogP contribution in [0.3, 0.4) is 0 Å². The van der Waals surface area contributed by atoms with Gasteiger partial charge < -0.3 is 10.6 Å². The molecule has 0 aliphatic carbocycles. The highest BCUT2D eigenvalue weighted by Gasteiger charge is 2.12. The Morgan fingerprint density at radius 3 is 2.81 bits per heavy atom. The van der Waals surface area contributed by atoms with Crippen LogP contribution in [0, 0.1) is 23.1 Å². The van der Waals surface area contributed by atoms with E-state index in [1.54, 1.807) is 18.9 Å². The number of halogens is 2. The smallest absolute Gasteiger partial charge is 0.144 e. The van der Waals surface area contributed by atoms with Crippen molar-refractivity contribution in [2.45, 2.75) is 6.92 Å². The molecule has 1 unspecified atom stereocenters. The van der Waals surface area contributed by atoms with Gasteiger partial charge in [-0.1, -0.05) is 11.6 Å². The number of rotatable bonds is 3. The van der Waals surface area contributed by atoms with E-state index in [1.807, 2.05) is 0 Å². The minimum absolute atomic E-state index is 0.00276. The van der Waals surface area contributed by atoms with Gasteiger partial charge in [0.25, 0.3) is 0 Å². The van der Waals surface area contributed by atoms with Crippen LogP contribution in [0.1, 0.15) is 6.92 Å². The highest BCUT2D eigenvalue weighted by molar-refractivity contribution is 6.31. The van der Waals surface area contributed by atoms with Crippen LogP contribution in [0.25, 0.3) is 0 Å². The van der Waals surface area contributed by atoms with Gasteiger partial charge >= 0.3 is 0 Å². The minimum Gasteiger partial charge on any atom is -0.397 e. The summed E-state index contributed by atoms with van der Waals surface area (Å²) in [5.41, 5.74) is 6.68. The van der Waals surface area contributed by atoms with E-state index in [0.29, 0.717) is 17.9 Å². The fourth-order valence-electron chi connectivity index (χ4n) is 1.43.